The van der Waals surface area contributed by atoms with E-state index in [2.05, 4.69) is 0 Å². The van der Waals surface area contributed by atoms with Gasteiger partial charge in [0.05, 0.1) is 6.61 Å². The Balaban J connectivity index is 2.79. The average molecular weight is 566 g/mol. The minimum atomic E-state index is -1.04. The predicted molar refractivity (Wildman–Crippen MR) is 150 cm³/mol. The minimum absolute atomic E-state index is 0.0746. The maximum Gasteiger partial charge on any atom is 0.508 e. The number of hydrogen-bond donors (Lipinski definition) is 1. The molecule has 1 rings (SSSR count). The van der Waals surface area contributed by atoms with Crippen LogP contribution in [0.1, 0.15) is 98.5 Å². The van der Waals surface area contributed by atoms with Gasteiger partial charge in [-0.25, -0.2) is 4.79 Å². The second-order valence-electron chi connectivity index (χ2n) is 11.1. The highest BCUT2D eigenvalue weighted by Crippen LogP contribution is 2.30. The highest BCUT2D eigenvalue weighted by molar-refractivity contribution is 5.77. The van der Waals surface area contributed by atoms with E-state index in [1.807, 2.05) is 34.6 Å². The summed E-state index contributed by atoms with van der Waals surface area (Å²) in [5.41, 5.74) is 6.45. The molecule has 1 aromatic rings. The summed E-state index contributed by atoms with van der Waals surface area (Å²) < 4.78 is 26.3. The van der Waals surface area contributed by atoms with E-state index in [9.17, 15) is 19.2 Å². The largest absolute Gasteiger partial charge is 0.508 e. The highest BCUT2D eigenvalue weighted by Gasteiger charge is 2.22. The molecule has 2 atom stereocenters. The Labute approximate surface area is 238 Å². The maximum absolute atomic E-state index is 12.5. The van der Waals surface area contributed by atoms with Crippen molar-refractivity contribution in [1.82, 2.24) is 0 Å². The van der Waals surface area contributed by atoms with Crippen LogP contribution in [0.4, 0.5) is 4.79 Å². The predicted octanol–water partition coefficient (Wildman–Crippen LogP) is 5.66. The summed E-state index contributed by atoms with van der Waals surface area (Å²) in [6, 6.07) is 3.68. The van der Waals surface area contributed by atoms with Crippen molar-refractivity contribution in [3.63, 3.8) is 0 Å². The standard InChI is InChI=1S/C30H47NO9/c1-7-9-11-13-26(32)39-24-16-15-22(18-25(24)40-27(33)14-12-10-8-2)17-23(31)28(34)38-21(3)19-36-29(35)37-20-30(4,5)6/h15-16,18,21,23H,7-14,17,19-20,31H2,1-6H3/t21-,23-/m0/s1. The monoisotopic (exact) mass is 565 g/mol. The minimum Gasteiger partial charge on any atom is -0.458 e. The number of unbranched alkanes of at least 4 members (excludes halogenated alkanes) is 4. The molecule has 0 heterocycles. The van der Waals surface area contributed by atoms with Crippen molar-refractivity contribution in [3.8, 4) is 11.5 Å². The van der Waals surface area contributed by atoms with Crippen molar-refractivity contribution in [3.05, 3.63) is 23.8 Å². The molecule has 0 unspecified atom stereocenters. The van der Waals surface area contributed by atoms with Gasteiger partial charge in [0.1, 0.15) is 18.8 Å². The van der Waals surface area contributed by atoms with Crippen LogP contribution < -0.4 is 15.2 Å². The highest BCUT2D eigenvalue weighted by atomic mass is 16.7. The number of nitrogens with two attached hydrogens (primary N) is 1. The van der Waals surface area contributed by atoms with Crippen LogP contribution in [0.15, 0.2) is 18.2 Å². The third-order valence-corrected chi connectivity index (χ3v) is 5.56. The van der Waals surface area contributed by atoms with E-state index < -0.39 is 36.2 Å². The summed E-state index contributed by atoms with van der Waals surface area (Å²) in [6.07, 6.45) is 4.12. The molecule has 2 N–H and O–H groups in total. The molecule has 226 valence electrons. The first-order valence-corrected chi connectivity index (χ1v) is 14.1. The SMILES string of the molecule is CCCCCC(=O)Oc1ccc(C[C@H](N)C(=O)O[C@@H](C)COC(=O)OCC(C)(C)C)cc1OC(=O)CCCCC. The Kier molecular flexibility index (Phi) is 15.9. The van der Waals surface area contributed by atoms with Crippen LogP contribution >= 0.6 is 0 Å². The number of benzene rings is 1. The van der Waals surface area contributed by atoms with E-state index in [4.69, 9.17) is 29.4 Å². The van der Waals surface area contributed by atoms with Crippen LogP contribution in [0, 0.1) is 5.41 Å². The first kappa shape index (κ1) is 34.9. The van der Waals surface area contributed by atoms with E-state index in [1.54, 1.807) is 13.0 Å². The summed E-state index contributed by atoms with van der Waals surface area (Å²) in [4.78, 5) is 48.9. The van der Waals surface area contributed by atoms with Gasteiger partial charge in [-0.1, -0.05) is 66.4 Å². The maximum atomic E-state index is 12.5. The Hall–Kier alpha value is -3.14. The number of hydrogen-bond acceptors (Lipinski definition) is 10. The smallest absolute Gasteiger partial charge is 0.458 e. The van der Waals surface area contributed by atoms with Crippen LogP contribution in [-0.4, -0.2) is 49.4 Å². The average Bonchev–Trinajstić information content (AvgIpc) is 2.87. The van der Waals surface area contributed by atoms with Gasteiger partial charge in [-0.3, -0.25) is 14.4 Å². The lowest BCUT2D eigenvalue weighted by atomic mass is 9.99. The van der Waals surface area contributed by atoms with E-state index >= 15 is 0 Å². The molecule has 0 aliphatic carbocycles. The molecule has 0 aliphatic rings. The number of ether oxygens (including phenoxy) is 5. The fraction of sp³-hybridized carbons (Fsp3) is 0.667. The van der Waals surface area contributed by atoms with Gasteiger partial charge in [-0.15, -0.1) is 0 Å². The summed E-state index contributed by atoms with van der Waals surface area (Å²) >= 11 is 0. The van der Waals surface area contributed by atoms with Crippen molar-refractivity contribution in [2.75, 3.05) is 13.2 Å². The van der Waals surface area contributed by atoms with Gasteiger partial charge < -0.3 is 29.4 Å². The van der Waals surface area contributed by atoms with Gasteiger partial charge in [-0.05, 0) is 49.3 Å². The van der Waals surface area contributed by atoms with Gasteiger partial charge in [0.2, 0.25) is 0 Å². The lowest BCUT2D eigenvalue weighted by Gasteiger charge is -2.19. The van der Waals surface area contributed by atoms with E-state index in [-0.39, 0.29) is 49.4 Å². The Bertz CT molecular complexity index is 955. The van der Waals surface area contributed by atoms with Crippen LogP contribution in [0.25, 0.3) is 0 Å². The number of carbonyl (C=O) groups excluding carboxylic acids is 4. The Morgan fingerprint density at radius 3 is 1.98 bits per heavy atom. The summed E-state index contributed by atoms with van der Waals surface area (Å²) in [5.74, 6) is -1.31. The van der Waals surface area contributed by atoms with Crippen molar-refractivity contribution >= 4 is 24.1 Å². The molecule has 0 spiro atoms. The molecule has 0 aromatic heterocycles. The molecule has 0 amide bonds. The van der Waals surface area contributed by atoms with E-state index in [0.717, 1.165) is 25.7 Å². The fourth-order valence-electron chi connectivity index (χ4n) is 3.39. The van der Waals surface area contributed by atoms with Gasteiger partial charge in [0.25, 0.3) is 0 Å². The molecule has 0 saturated carbocycles. The van der Waals surface area contributed by atoms with Crippen molar-refractivity contribution in [2.45, 2.75) is 111 Å². The van der Waals surface area contributed by atoms with Gasteiger partial charge >= 0.3 is 24.1 Å². The Morgan fingerprint density at radius 2 is 1.43 bits per heavy atom. The zero-order chi connectivity index (χ0) is 30.1. The lowest BCUT2D eigenvalue weighted by molar-refractivity contribution is -0.152. The first-order chi connectivity index (χ1) is 18.8. The molecule has 10 nitrogen and oxygen atoms in total. The normalized spacial score (nSPS) is 12.7. The molecule has 0 aliphatic heterocycles. The Morgan fingerprint density at radius 1 is 0.850 bits per heavy atom. The lowest BCUT2D eigenvalue weighted by Crippen LogP contribution is -2.37. The number of rotatable bonds is 17. The molecule has 0 saturated heterocycles. The zero-order valence-corrected chi connectivity index (χ0v) is 24.9. The summed E-state index contributed by atoms with van der Waals surface area (Å²) in [7, 11) is 0. The number of carbonyl (C=O) groups is 4. The zero-order valence-electron chi connectivity index (χ0n) is 24.9. The van der Waals surface area contributed by atoms with E-state index in [1.165, 1.54) is 12.1 Å². The molecule has 0 radical (unpaired) electrons. The molecule has 0 fully saturated rings. The van der Waals surface area contributed by atoms with Crippen LogP contribution in [-0.2, 0) is 35.0 Å². The molecular weight excluding hydrogens is 518 g/mol. The van der Waals surface area contributed by atoms with Crippen molar-refractivity contribution in [2.24, 2.45) is 11.1 Å². The summed E-state index contributed by atoms with van der Waals surface area (Å²) in [5, 5.41) is 0. The van der Waals surface area contributed by atoms with Crippen molar-refractivity contribution in [1.29, 1.82) is 0 Å². The molecule has 40 heavy (non-hydrogen) atoms. The van der Waals surface area contributed by atoms with E-state index in [0.29, 0.717) is 18.4 Å². The van der Waals surface area contributed by atoms with Gasteiger partial charge in [-0.2, -0.15) is 0 Å². The topological polar surface area (TPSA) is 140 Å². The molecule has 1 aromatic carbocycles. The van der Waals surface area contributed by atoms with Crippen LogP contribution in [0.5, 0.6) is 11.5 Å². The van der Waals surface area contributed by atoms with Crippen LogP contribution in [0.3, 0.4) is 0 Å². The second-order valence-corrected chi connectivity index (χ2v) is 11.1. The van der Waals surface area contributed by atoms with Gasteiger partial charge in [0.15, 0.2) is 11.5 Å². The van der Waals surface area contributed by atoms with Crippen LogP contribution in [0.2, 0.25) is 0 Å². The fourth-order valence-corrected chi connectivity index (χ4v) is 3.39. The quantitative estimate of drug-likeness (QED) is 0.143. The third-order valence-electron chi connectivity index (χ3n) is 5.56. The van der Waals surface area contributed by atoms with Gasteiger partial charge in [0, 0.05) is 12.8 Å². The van der Waals surface area contributed by atoms with Crippen molar-refractivity contribution < 1.29 is 42.9 Å². The summed E-state index contributed by atoms with van der Waals surface area (Å²) in [6.45, 7) is 11.4. The molecule has 0 bridgehead atoms. The second kappa shape index (κ2) is 18.3. The third kappa shape index (κ3) is 15.5. The first-order valence-electron chi connectivity index (χ1n) is 14.1. The number of esters is 3. The molecule has 10 heteroatoms. The molecular formula is C30H47NO9.